The molecule has 0 atom stereocenters. The van der Waals surface area contributed by atoms with Crippen LogP contribution in [0.15, 0.2) is 35.3 Å². The van der Waals surface area contributed by atoms with Crippen LogP contribution in [0, 0.1) is 0 Å². The van der Waals surface area contributed by atoms with Crippen LogP contribution in [0.4, 0.5) is 0 Å². The first kappa shape index (κ1) is 9.77. The second-order valence-corrected chi connectivity index (χ2v) is 3.40. The third kappa shape index (κ3) is 2.01. The van der Waals surface area contributed by atoms with Crippen molar-refractivity contribution >= 4 is 10.9 Å². The lowest BCUT2D eigenvalue weighted by atomic mass is 10.2. The highest BCUT2D eigenvalue weighted by molar-refractivity contribution is 5.79. The van der Waals surface area contributed by atoms with Gasteiger partial charge in [0.05, 0.1) is 12.1 Å². The van der Waals surface area contributed by atoms with Gasteiger partial charge in [0.2, 0.25) is 0 Å². The third-order valence-corrected chi connectivity index (χ3v) is 2.20. The number of hydrogen-bond acceptors (Lipinski definition) is 2. The fourth-order valence-corrected chi connectivity index (χ4v) is 1.46. The number of nitrogens with one attached hydrogen (secondary N) is 1. The average molecular weight is 203 g/mol. The summed E-state index contributed by atoms with van der Waals surface area (Å²) >= 11 is 0. The molecule has 0 aliphatic carbocycles. The number of hydrogen-bond donors (Lipinski definition) is 1. The topological polar surface area (TPSA) is 42.1 Å². The van der Waals surface area contributed by atoms with E-state index in [4.69, 9.17) is 4.74 Å². The van der Waals surface area contributed by atoms with E-state index in [9.17, 15) is 4.79 Å². The molecule has 0 fully saturated rings. The maximum Gasteiger partial charge on any atom is 0.189 e. The maximum atomic E-state index is 11.4. The van der Waals surface area contributed by atoms with E-state index in [2.05, 4.69) is 11.9 Å². The molecule has 0 bridgehead atoms. The van der Waals surface area contributed by atoms with Gasteiger partial charge in [-0.05, 0) is 18.6 Å². The van der Waals surface area contributed by atoms with Crippen LogP contribution < -0.4 is 10.2 Å². The summed E-state index contributed by atoms with van der Waals surface area (Å²) in [7, 11) is 0. The first-order valence-electron chi connectivity index (χ1n) is 5.05. The predicted octanol–water partition coefficient (Wildman–Crippen LogP) is 2.32. The van der Waals surface area contributed by atoms with Crippen molar-refractivity contribution in [1.29, 1.82) is 0 Å². The fraction of sp³-hybridized carbons (Fsp3) is 0.250. The summed E-state index contributed by atoms with van der Waals surface area (Å²) in [5.74, 6) is 0.797. The number of rotatable bonds is 3. The van der Waals surface area contributed by atoms with E-state index in [1.54, 1.807) is 12.3 Å². The summed E-state index contributed by atoms with van der Waals surface area (Å²) in [4.78, 5) is 14.5. The summed E-state index contributed by atoms with van der Waals surface area (Å²) in [5, 5.41) is 0.696. The van der Waals surface area contributed by atoms with E-state index in [-0.39, 0.29) is 5.43 Å². The minimum absolute atomic E-state index is 0.0331. The third-order valence-electron chi connectivity index (χ3n) is 2.20. The fourth-order valence-electron chi connectivity index (χ4n) is 1.46. The Morgan fingerprint density at radius 2 is 2.20 bits per heavy atom. The van der Waals surface area contributed by atoms with Gasteiger partial charge in [0.1, 0.15) is 5.75 Å². The first-order valence-corrected chi connectivity index (χ1v) is 5.05. The van der Waals surface area contributed by atoms with E-state index in [1.807, 2.05) is 12.1 Å². The summed E-state index contributed by atoms with van der Waals surface area (Å²) in [6.45, 7) is 2.76. The Morgan fingerprint density at radius 3 is 3.00 bits per heavy atom. The minimum Gasteiger partial charge on any atom is -0.494 e. The van der Waals surface area contributed by atoms with Crippen LogP contribution in [0.5, 0.6) is 5.75 Å². The van der Waals surface area contributed by atoms with Crippen molar-refractivity contribution in [2.75, 3.05) is 6.61 Å². The summed E-state index contributed by atoms with van der Waals surface area (Å²) in [6, 6.07) is 6.99. The number of aromatic amines is 1. The number of pyridine rings is 1. The van der Waals surface area contributed by atoms with E-state index < -0.39 is 0 Å². The standard InChI is InChI=1S/C12H13NO2/c1-2-7-15-9-3-4-10-11(8-9)13-6-5-12(10)14/h3-6,8H,2,7H2,1H3,(H,13,14). The molecule has 1 heterocycles. The maximum absolute atomic E-state index is 11.4. The average Bonchev–Trinajstić information content (AvgIpc) is 2.26. The van der Waals surface area contributed by atoms with Crippen LogP contribution in [0.25, 0.3) is 10.9 Å². The Balaban J connectivity index is 2.43. The van der Waals surface area contributed by atoms with E-state index >= 15 is 0 Å². The van der Waals surface area contributed by atoms with Crippen LogP contribution in [-0.4, -0.2) is 11.6 Å². The molecule has 1 aromatic carbocycles. The van der Waals surface area contributed by atoms with Gasteiger partial charge in [-0.3, -0.25) is 4.79 Å². The smallest absolute Gasteiger partial charge is 0.189 e. The van der Waals surface area contributed by atoms with Crippen molar-refractivity contribution in [3.05, 3.63) is 40.7 Å². The van der Waals surface area contributed by atoms with Gasteiger partial charge in [0.25, 0.3) is 0 Å². The quantitative estimate of drug-likeness (QED) is 0.831. The van der Waals surface area contributed by atoms with Crippen molar-refractivity contribution in [1.82, 2.24) is 4.98 Å². The largest absolute Gasteiger partial charge is 0.494 e. The Labute approximate surface area is 87.7 Å². The van der Waals surface area contributed by atoms with Crippen LogP contribution in [-0.2, 0) is 0 Å². The van der Waals surface area contributed by atoms with E-state index in [0.717, 1.165) is 17.7 Å². The molecular formula is C12H13NO2. The van der Waals surface area contributed by atoms with Crippen molar-refractivity contribution in [3.8, 4) is 5.75 Å². The molecule has 0 saturated heterocycles. The molecule has 3 nitrogen and oxygen atoms in total. The summed E-state index contributed by atoms with van der Waals surface area (Å²) in [6.07, 6.45) is 2.62. The Kier molecular flexibility index (Phi) is 2.72. The molecule has 0 aliphatic heterocycles. The number of benzene rings is 1. The summed E-state index contributed by atoms with van der Waals surface area (Å²) < 4.78 is 5.48. The molecule has 78 valence electrons. The lowest BCUT2D eigenvalue weighted by molar-refractivity contribution is 0.318. The molecule has 3 heteroatoms. The van der Waals surface area contributed by atoms with Crippen LogP contribution >= 0.6 is 0 Å². The minimum atomic E-state index is 0.0331. The molecule has 0 spiro atoms. The summed E-state index contributed by atoms with van der Waals surface area (Å²) in [5.41, 5.74) is 0.849. The number of ether oxygens (including phenoxy) is 1. The van der Waals surface area contributed by atoms with E-state index in [1.165, 1.54) is 6.07 Å². The molecule has 1 aromatic heterocycles. The number of aromatic nitrogens is 1. The van der Waals surface area contributed by atoms with Gasteiger partial charge in [-0.15, -0.1) is 0 Å². The van der Waals surface area contributed by atoms with Gasteiger partial charge in [0, 0.05) is 23.7 Å². The van der Waals surface area contributed by atoms with Gasteiger partial charge in [-0.25, -0.2) is 0 Å². The van der Waals surface area contributed by atoms with E-state index in [0.29, 0.717) is 12.0 Å². The SMILES string of the molecule is CCCOc1ccc2c(=O)cc[nH]c2c1. The lowest BCUT2D eigenvalue weighted by Gasteiger charge is -2.05. The Hall–Kier alpha value is -1.77. The van der Waals surface area contributed by atoms with Gasteiger partial charge in [0.15, 0.2) is 5.43 Å². The van der Waals surface area contributed by atoms with Crippen molar-refractivity contribution in [2.24, 2.45) is 0 Å². The van der Waals surface area contributed by atoms with Gasteiger partial charge >= 0.3 is 0 Å². The van der Waals surface area contributed by atoms with Crippen molar-refractivity contribution < 1.29 is 4.74 Å². The van der Waals surface area contributed by atoms with Crippen molar-refractivity contribution in [3.63, 3.8) is 0 Å². The Bertz CT molecular complexity index is 516. The van der Waals surface area contributed by atoms with Crippen LogP contribution in [0.1, 0.15) is 13.3 Å². The zero-order valence-corrected chi connectivity index (χ0v) is 8.62. The molecule has 0 saturated carbocycles. The van der Waals surface area contributed by atoms with Gasteiger partial charge in [-0.2, -0.15) is 0 Å². The highest BCUT2D eigenvalue weighted by atomic mass is 16.5. The molecule has 2 aromatic rings. The highest BCUT2D eigenvalue weighted by Gasteiger charge is 1.99. The van der Waals surface area contributed by atoms with Gasteiger partial charge < -0.3 is 9.72 Å². The second kappa shape index (κ2) is 4.17. The molecule has 0 unspecified atom stereocenters. The number of fused-ring (bicyclic) bond motifs is 1. The zero-order chi connectivity index (χ0) is 10.7. The molecule has 0 radical (unpaired) electrons. The highest BCUT2D eigenvalue weighted by Crippen LogP contribution is 2.16. The normalized spacial score (nSPS) is 10.5. The van der Waals surface area contributed by atoms with Crippen LogP contribution in [0.3, 0.4) is 0 Å². The predicted molar refractivity (Wildman–Crippen MR) is 60.4 cm³/mol. The second-order valence-electron chi connectivity index (χ2n) is 3.40. The molecular weight excluding hydrogens is 190 g/mol. The Morgan fingerprint density at radius 1 is 1.33 bits per heavy atom. The van der Waals surface area contributed by atoms with Crippen LogP contribution in [0.2, 0.25) is 0 Å². The lowest BCUT2D eigenvalue weighted by Crippen LogP contribution is -2.01. The van der Waals surface area contributed by atoms with Gasteiger partial charge in [-0.1, -0.05) is 6.92 Å². The molecule has 0 aliphatic rings. The van der Waals surface area contributed by atoms with Crippen molar-refractivity contribution in [2.45, 2.75) is 13.3 Å². The first-order chi connectivity index (χ1) is 7.31. The zero-order valence-electron chi connectivity index (χ0n) is 8.62. The molecule has 1 N–H and O–H groups in total. The molecule has 2 rings (SSSR count). The monoisotopic (exact) mass is 203 g/mol. The molecule has 15 heavy (non-hydrogen) atoms. The number of H-pyrrole nitrogens is 1. The molecule has 0 amide bonds.